The fraction of sp³-hybridized carbons (Fsp3) is 0.429. The molecule has 3 aliphatic rings. The average molecular weight is 1100 g/mol. The van der Waals surface area contributed by atoms with Gasteiger partial charge in [0.25, 0.3) is 0 Å². The normalized spacial score (nSPS) is 20.2. The van der Waals surface area contributed by atoms with E-state index in [1.165, 1.54) is 26.4 Å². The monoisotopic (exact) mass is 1110 g/mol. The van der Waals surface area contributed by atoms with E-state index in [-0.39, 0.29) is 37.9 Å². The van der Waals surface area contributed by atoms with Gasteiger partial charge in [-0.25, -0.2) is 9.59 Å². The molecule has 22 nitrogen and oxygen atoms in total. The van der Waals surface area contributed by atoms with Gasteiger partial charge in [0.2, 0.25) is 11.5 Å². The first-order valence-electron chi connectivity index (χ1n) is 19.9. The van der Waals surface area contributed by atoms with Gasteiger partial charge < -0.3 is 69.7 Å². The summed E-state index contributed by atoms with van der Waals surface area (Å²) in [6.07, 6.45) is -0.583. The van der Waals surface area contributed by atoms with E-state index in [0.717, 1.165) is 12.2 Å². The van der Waals surface area contributed by atoms with Crippen molar-refractivity contribution < 1.29 is 125 Å². The van der Waals surface area contributed by atoms with Crippen LogP contribution in [0.4, 0.5) is 11.4 Å². The SMILES string of the molecule is CCO.CCO.CCOC(=O)C1=CC(O)C(C(O)C=C(C)Nc2ccccc2OC)C(=O)O1.CCOC(=O)C1=CC(O)C(C(O)C=C(C)Nc2ccccc2OC)C(=O)O1.[O]=[Mo]1[O][Mo](=[O])[O]1. The molecular weight excluding hydrogens is 1040 g/mol. The third kappa shape index (κ3) is 20.3. The summed E-state index contributed by atoms with van der Waals surface area (Å²) < 4.78 is 57.6. The van der Waals surface area contributed by atoms with Gasteiger partial charge in [-0.3, -0.25) is 9.59 Å². The van der Waals surface area contributed by atoms with E-state index in [1.54, 1.807) is 65.8 Å². The Labute approximate surface area is 394 Å². The van der Waals surface area contributed by atoms with E-state index in [0.29, 0.717) is 34.3 Å². The fourth-order valence-corrected chi connectivity index (χ4v) is 8.60. The molecule has 2 aromatic rings. The molecule has 0 aliphatic carbocycles. The first-order valence-corrected chi connectivity index (χ1v) is 24.8. The topological polar surface area (TPSA) is 322 Å². The second-order valence-corrected chi connectivity index (χ2v) is 19.5. The van der Waals surface area contributed by atoms with Gasteiger partial charge in [-0.05, 0) is 90.1 Å². The molecule has 0 amide bonds. The van der Waals surface area contributed by atoms with Crippen LogP contribution >= 0.6 is 0 Å². The molecule has 0 bridgehead atoms. The van der Waals surface area contributed by atoms with Crippen LogP contribution in [0, 0.1) is 11.8 Å². The zero-order valence-electron chi connectivity index (χ0n) is 37.4. The van der Waals surface area contributed by atoms with Gasteiger partial charge in [-0.15, -0.1) is 0 Å². The first-order chi connectivity index (χ1) is 31.3. The molecular formula is C42H58Mo2N2O20. The summed E-state index contributed by atoms with van der Waals surface area (Å²) >= 11 is -5.51. The van der Waals surface area contributed by atoms with E-state index in [2.05, 4.69) is 14.7 Å². The van der Waals surface area contributed by atoms with Gasteiger partial charge in [-0.1, -0.05) is 24.3 Å². The van der Waals surface area contributed by atoms with E-state index in [1.807, 2.05) is 24.3 Å². The van der Waals surface area contributed by atoms with Gasteiger partial charge in [-0.2, -0.15) is 0 Å². The number of methoxy groups -OCH3 is 2. The molecule has 0 spiro atoms. The molecule has 6 atom stereocenters. The molecule has 66 heavy (non-hydrogen) atoms. The number of carbonyl (C=O) groups excluding carboxylic acids is 4. The second kappa shape index (κ2) is 31.9. The van der Waals surface area contributed by atoms with Crippen LogP contribution in [-0.4, -0.2) is 120 Å². The van der Waals surface area contributed by atoms with Crippen LogP contribution in [0.15, 0.2) is 95.7 Å². The van der Waals surface area contributed by atoms with Crippen molar-refractivity contribution in [3.63, 3.8) is 0 Å². The number of aliphatic hydroxyl groups is 6. The summed E-state index contributed by atoms with van der Waals surface area (Å²) in [4.78, 5) is 47.6. The van der Waals surface area contributed by atoms with Gasteiger partial charge >= 0.3 is 70.8 Å². The molecule has 2 aromatic carbocycles. The molecule has 1 saturated heterocycles. The minimum absolute atomic E-state index is 0.104. The van der Waals surface area contributed by atoms with Crippen molar-refractivity contribution in [2.75, 3.05) is 51.3 Å². The summed E-state index contributed by atoms with van der Waals surface area (Å²) in [6.45, 7) is 10.7. The molecule has 24 heteroatoms. The molecule has 8 N–H and O–H groups in total. The number of anilines is 2. The minimum atomic E-state index is -2.75. The number of allylic oxidation sites excluding steroid dienone is 2. The number of cyclic esters (lactones) is 2. The number of carbonyl (C=O) groups is 4. The first kappa shape index (κ1) is 59.2. The number of para-hydroxylation sites is 4. The molecule has 1 fully saturated rings. The van der Waals surface area contributed by atoms with E-state index in [4.69, 9.17) is 38.6 Å². The Morgan fingerprint density at radius 3 is 1.24 bits per heavy atom. The number of nitrogens with one attached hydrogen (secondary N) is 2. The van der Waals surface area contributed by atoms with E-state index in [9.17, 15) is 46.4 Å². The number of aliphatic hydroxyl groups excluding tert-OH is 6. The van der Waals surface area contributed by atoms with Crippen LogP contribution in [0.3, 0.4) is 0 Å². The van der Waals surface area contributed by atoms with E-state index >= 15 is 0 Å². The van der Waals surface area contributed by atoms with Crippen LogP contribution in [-0.2, 0) is 85.1 Å². The maximum atomic E-state index is 12.1. The zero-order valence-corrected chi connectivity index (χ0v) is 41.4. The zero-order chi connectivity index (χ0) is 49.9. The Morgan fingerprint density at radius 1 is 0.667 bits per heavy atom. The molecule has 5 rings (SSSR count). The summed E-state index contributed by atoms with van der Waals surface area (Å²) in [5.74, 6) is -5.60. The van der Waals surface area contributed by atoms with Crippen LogP contribution in [0.25, 0.3) is 0 Å². The Morgan fingerprint density at radius 2 is 0.985 bits per heavy atom. The molecule has 0 aromatic heterocycles. The van der Waals surface area contributed by atoms with Crippen molar-refractivity contribution >= 4 is 35.3 Å². The summed E-state index contributed by atoms with van der Waals surface area (Å²) in [5, 5.41) is 62.3. The average Bonchev–Trinajstić information content (AvgIpc) is 3.24. The number of rotatable bonds is 14. The fourth-order valence-electron chi connectivity index (χ4n) is 5.34. The van der Waals surface area contributed by atoms with Gasteiger partial charge in [0, 0.05) is 24.6 Å². The Hall–Kier alpha value is -4.86. The van der Waals surface area contributed by atoms with Crippen LogP contribution < -0.4 is 20.1 Å². The number of hydrogen-bond acceptors (Lipinski definition) is 22. The number of esters is 4. The summed E-state index contributed by atoms with van der Waals surface area (Å²) in [5.41, 5.74) is 2.42. The summed E-state index contributed by atoms with van der Waals surface area (Å²) in [7, 11) is 3.08. The van der Waals surface area contributed by atoms with Crippen LogP contribution in [0.2, 0.25) is 0 Å². The Balaban J connectivity index is 0.000000528. The van der Waals surface area contributed by atoms with Crippen molar-refractivity contribution in [2.24, 2.45) is 11.8 Å². The predicted octanol–water partition coefficient (Wildman–Crippen LogP) is 2.32. The molecule has 368 valence electrons. The third-order valence-corrected chi connectivity index (χ3v) is 15.5. The standard InChI is InChI=1S/2C19H23NO7.2C2H6O.2Mo.4O/c2*1-4-26-18(23)16-10-14(22)17(19(24)27-16)13(21)9-11(2)20-12-7-5-6-8-15(12)25-3;2*1-2-3;;;;;;/h2*5-10,13-14,17,20-22H,4H2,1-3H3;2*3H,2H2,1H3;;;;;;. The number of benzene rings is 2. The van der Waals surface area contributed by atoms with Crippen molar-refractivity contribution in [1.29, 1.82) is 0 Å². The number of hydrogen-bond donors (Lipinski definition) is 8. The van der Waals surface area contributed by atoms with Crippen LogP contribution in [0.1, 0.15) is 41.5 Å². The molecule has 0 saturated carbocycles. The summed E-state index contributed by atoms with van der Waals surface area (Å²) in [6, 6.07) is 14.4. The third-order valence-electron chi connectivity index (χ3n) is 7.98. The van der Waals surface area contributed by atoms with Crippen molar-refractivity contribution in [2.45, 2.75) is 66.0 Å². The van der Waals surface area contributed by atoms with E-state index < -0.39 is 96.2 Å². The second-order valence-electron chi connectivity index (χ2n) is 12.9. The van der Waals surface area contributed by atoms with Gasteiger partial charge in [0.05, 0.1) is 63.2 Å². The predicted molar refractivity (Wildman–Crippen MR) is 222 cm³/mol. The van der Waals surface area contributed by atoms with Crippen molar-refractivity contribution in [3.05, 3.63) is 95.7 Å². The quantitative estimate of drug-likeness (QED) is 0.0765. The van der Waals surface area contributed by atoms with Gasteiger partial charge in [0.1, 0.15) is 23.3 Å². The Bertz CT molecular complexity index is 1910. The molecule has 6 unspecified atom stereocenters. The maximum absolute atomic E-state index is 12.1. The van der Waals surface area contributed by atoms with Crippen molar-refractivity contribution in [3.8, 4) is 11.5 Å². The number of ether oxygens (including phenoxy) is 6. The van der Waals surface area contributed by atoms with Crippen LogP contribution in [0.5, 0.6) is 11.5 Å². The molecule has 3 heterocycles. The van der Waals surface area contributed by atoms with Crippen molar-refractivity contribution in [1.82, 2.24) is 0 Å². The van der Waals surface area contributed by atoms with Gasteiger partial charge in [0.15, 0.2) is 0 Å². The molecule has 0 radical (unpaired) electrons. The molecule has 3 aliphatic heterocycles. The Kier molecular flexibility index (Phi) is 28.6.